The van der Waals surface area contributed by atoms with Crippen LogP contribution in [0.4, 0.5) is 4.79 Å². The number of rotatable bonds is 10. The van der Waals surface area contributed by atoms with Crippen molar-refractivity contribution in [2.45, 2.75) is 51.1 Å². The number of sulfonamides is 1. The topological polar surface area (TPSA) is 130 Å². The van der Waals surface area contributed by atoms with Crippen molar-refractivity contribution >= 4 is 22.0 Å². The smallest absolute Gasteiger partial charge is 0.315 e. The van der Waals surface area contributed by atoms with Crippen molar-refractivity contribution in [1.29, 1.82) is 0 Å². The summed E-state index contributed by atoms with van der Waals surface area (Å²) in [5.41, 5.74) is 2.98. The van der Waals surface area contributed by atoms with Gasteiger partial charge in [0.25, 0.3) is 0 Å². The highest BCUT2D eigenvalue weighted by molar-refractivity contribution is 7.89. The summed E-state index contributed by atoms with van der Waals surface area (Å²) >= 11 is 0. The van der Waals surface area contributed by atoms with Crippen LogP contribution in [-0.4, -0.2) is 32.9 Å². The summed E-state index contributed by atoms with van der Waals surface area (Å²) in [5.74, 6) is -0.0424. The van der Waals surface area contributed by atoms with Crippen molar-refractivity contribution in [2.24, 2.45) is 11.1 Å². The Morgan fingerprint density at radius 3 is 2.09 bits per heavy atom. The van der Waals surface area contributed by atoms with E-state index in [-0.39, 0.29) is 16.7 Å². The van der Waals surface area contributed by atoms with Crippen LogP contribution in [-0.2, 0) is 27.8 Å². The number of aryl methyl sites for hydroxylation is 1. The standard InChI is InChI=1S/C23H32N4O4S/c1-16(2)14-21(27-23(29)26-15-19-6-4-17(3)5-7-19)22(28)25-13-12-18-8-10-20(11-9-18)32(24,30)31/h4-11,16,21H,12-15H2,1-3H3,(H,25,28)(H2,24,30,31)(H2,26,27,29). The van der Waals surface area contributed by atoms with Crippen molar-refractivity contribution in [3.63, 3.8) is 0 Å². The van der Waals surface area contributed by atoms with Crippen LogP contribution >= 0.6 is 0 Å². The Bertz CT molecular complexity index is 1000. The number of carbonyl (C=O) groups is 2. The van der Waals surface area contributed by atoms with Gasteiger partial charge in [0, 0.05) is 13.1 Å². The molecule has 0 saturated carbocycles. The van der Waals surface area contributed by atoms with Crippen LogP contribution in [0.25, 0.3) is 0 Å². The Morgan fingerprint density at radius 1 is 0.938 bits per heavy atom. The first-order chi connectivity index (χ1) is 15.0. The van der Waals surface area contributed by atoms with Gasteiger partial charge in [0.2, 0.25) is 15.9 Å². The largest absolute Gasteiger partial charge is 0.354 e. The van der Waals surface area contributed by atoms with Crippen LogP contribution in [0.2, 0.25) is 0 Å². The summed E-state index contributed by atoms with van der Waals surface area (Å²) in [6.45, 7) is 6.70. The number of hydrogen-bond acceptors (Lipinski definition) is 4. The summed E-state index contributed by atoms with van der Waals surface area (Å²) in [6, 6.07) is 13.0. The predicted molar refractivity (Wildman–Crippen MR) is 124 cm³/mol. The van der Waals surface area contributed by atoms with Crippen LogP contribution in [0.15, 0.2) is 53.4 Å². The van der Waals surface area contributed by atoms with Crippen molar-refractivity contribution < 1.29 is 18.0 Å². The Kier molecular flexibility index (Phi) is 9.22. The lowest BCUT2D eigenvalue weighted by Crippen LogP contribution is -2.50. The molecule has 0 spiro atoms. The number of benzene rings is 2. The van der Waals surface area contributed by atoms with Gasteiger partial charge < -0.3 is 16.0 Å². The Labute approximate surface area is 190 Å². The molecule has 0 saturated heterocycles. The average molecular weight is 461 g/mol. The Balaban J connectivity index is 1.85. The lowest BCUT2D eigenvalue weighted by atomic mass is 10.0. The number of nitrogens with one attached hydrogen (secondary N) is 3. The van der Waals surface area contributed by atoms with E-state index >= 15 is 0 Å². The van der Waals surface area contributed by atoms with Gasteiger partial charge in [0.05, 0.1) is 4.90 Å². The molecule has 1 unspecified atom stereocenters. The molecule has 8 nitrogen and oxygen atoms in total. The second-order valence-electron chi connectivity index (χ2n) is 8.22. The zero-order valence-electron chi connectivity index (χ0n) is 18.7. The van der Waals surface area contributed by atoms with Gasteiger partial charge in [-0.05, 0) is 48.9 Å². The molecule has 174 valence electrons. The molecular formula is C23H32N4O4S. The molecule has 5 N–H and O–H groups in total. The molecule has 0 aliphatic rings. The summed E-state index contributed by atoms with van der Waals surface area (Å²) < 4.78 is 22.6. The molecule has 0 bridgehead atoms. The first-order valence-corrected chi connectivity index (χ1v) is 12.1. The fraction of sp³-hybridized carbons (Fsp3) is 0.391. The first kappa shape index (κ1) is 25.4. The molecule has 0 radical (unpaired) electrons. The van der Waals surface area contributed by atoms with Crippen LogP contribution < -0.4 is 21.1 Å². The average Bonchev–Trinajstić information content (AvgIpc) is 2.72. The van der Waals surface area contributed by atoms with Gasteiger partial charge in [0.15, 0.2) is 0 Å². The van der Waals surface area contributed by atoms with Gasteiger partial charge in [0.1, 0.15) is 6.04 Å². The van der Waals surface area contributed by atoms with Crippen LogP contribution in [0, 0.1) is 12.8 Å². The quantitative estimate of drug-likeness (QED) is 0.433. The molecule has 32 heavy (non-hydrogen) atoms. The van der Waals surface area contributed by atoms with Gasteiger partial charge in [-0.2, -0.15) is 0 Å². The minimum atomic E-state index is -3.73. The molecule has 2 aromatic rings. The lowest BCUT2D eigenvalue weighted by Gasteiger charge is -2.20. The molecule has 0 heterocycles. The molecule has 1 atom stereocenters. The first-order valence-electron chi connectivity index (χ1n) is 10.5. The third-order valence-corrected chi connectivity index (χ3v) is 5.80. The normalized spacial score (nSPS) is 12.3. The van der Waals surface area contributed by atoms with Gasteiger partial charge in [-0.15, -0.1) is 0 Å². The molecule has 0 aromatic heterocycles. The number of primary sulfonamides is 1. The van der Waals surface area contributed by atoms with Gasteiger partial charge in [-0.1, -0.05) is 55.8 Å². The number of nitrogens with two attached hydrogens (primary N) is 1. The molecule has 9 heteroatoms. The summed E-state index contributed by atoms with van der Waals surface area (Å²) in [4.78, 5) is 25.0. The molecule has 3 amide bonds. The van der Waals surface area contributed by atoms with Crippen LogP contribution in [0.3, 0.4) is 0 Å². The predicted octanol–water partition coefficient (Wildman–Crippen LogP) is 2.22. The fourth-order valence-corrected chi connectivity index (χ4v) is 3.61. The van der Waals surface area contributed by atoms with E-state index in [1.165, 1.54) is 12.1 Å². The van der Waals surface area contributed by atoms with Gasteiger partial charge >= 0.3 is 6.03 Å². The van der Waals surface area contributed by atoms with E-state index in [0.29, 0.717) is 25.9 Å². The molecular weight excluding hydrogens is 428 g/mol. The Hall–Kier alpha value is -2.91. The summed E-state index contributed by atoms with van der Waals surface area (Å²) in [5, 5.41) is 13.5. The molecule has 2 rings (SSSR count). The van der Waals surface area contributed by atoms with E-state index in [9.17, 15) is 18.0 Å². The van der Waals surface area contributed by atoms with Crippen molar-refractivity contribution in [3.8, 4) is 0 Å². The maximum atomic E-state index is 12.7. The van der Waals surface area contributed by atoms with Crippen molar-refractivity contribution in [2.75, 3.05) is 6.54 Å². The van der Waals surface area contributed by atoms with Crippen LogP contribution in [0.1, 0.15) is 37.0 Å². The molecule has 2 aromatic carbocycles. The third kappa shape index (κ3) is 8.68. The highest BCUT2D eigenvalue weighted by atomic mass is 32.2. The third-order valence-electron chi connectivity index (χ3n) is 4.87. The van der Waals surface area contributed by atoms with Gasteiger partial charge in [-0.25, -0.2) is 18.4 Å². The summed E-state index contributed by atoms with van der Waals surface area (Å²) in [7, 11) is -3.73. The highest BCUT2D eigenvalue weighted by Crippen LogP contribution is 2.09. The Morgan fingerprint density at radius 2 is 1.53 bits per heavy atom. The highest BCUT2D eigenvalue weighted by Gasteiger charge is 2.21. The second kappa shape index (κ2) is 11.6. The van der Waals surface area contributed by atoms with Crippen molar-refractivity contribution in [3.05, 3.63) is 65.2 Å². The molecule has 0 fully saturated rings. The lowest BCUT2D eigenvalue weighted by molar-refractivity contribution is -0.123. The SMILES string of the molecule is Cc1ccc(CNC(=O)NC(CC(C)C)C(=O)NCCc2ccc(S(N)(=O)=O)cc2)cc1. The van der Waals surface area contributed by atoms with E-state index in [4.69, 9.17) is 5.14 Å². The maximum Gasteiger partial charge on any atom is 0.315 e. The second-order valence-corrected chi connectivity index (χ2v) is 9.79. The van der Waals surface area contributed by atoms with E-state index in [2.05, 4.69) is 16.0 Å². The number of amides is 3. The maximum absolute atomic E-state index is 12.7. The molecule has 0 aliphatic heterocycles. The number of urea groups is 1. The summed E-state index contributed by atoms with van der Waals surface area (Å²) in [6.07, 6.45) is 1.03. The minimum Gasteiger partial charge on any atom is -0.354 e. The van der Waals surface area contributed by atoms with E-state index in [0.717, 1.165) is 16.7 Å². The van der Waals surface area contributed by atoms with Gasteiger partial charge in [-0.3, -0.25) is 4.79 Å². The minimum absolute atomic E-state index is 0.0446. The zero-order valence-corrected chi connectivity index (χ0v) is 19.5. The van der Waals surface area contributed by atoms with E-state index in [1.807, 2.05) is 45.0 Å². The number of hydrogen-bond donors (Lipinski definition) is 4. The van der Waals surface area contributed by atoms with Crippen molar-refractivity contribution in [1.82, 2.24) is 16.0 Å². The van der Waals surface area contributed by atoms with E-state index in [1.54, 1.807) is 12.1 Å². The molecule has 0 aliphatic carbocycles. The monoisotopic (exact) mass is 460 g/mol. The van der Waals surface area contributed by atoms with E-state index < -0.39 is 22.1 Å². The number of carbonyl (C=O) groups excluding carboxylic acids is 2. The zero-order chi connectivity index (χ0) is 23.7. The van der Waals surface area contributed by atoms with Crippen LogP contribution in [0.5, 0.6) is 0 Å². The fourth-order valence-electron chi connectivity index (χ4n) is 3.10.